The van der Waals surface area contributed by atoms with Gasteiger partial charge in [0.15, 0.2) is 0 Å². The lowest BCUT2D eigenvalue weighted by Gasteiger charge is -2.41. The van der Waals surface area contributed by atoms with E-state index in [1.165, 1.54) is 44.8 Å². The Bertz CT molecular complexity index is 423. The van der Waals surface area contributed by atoms with Crippen LogP contribution in [0, 0.1) is 17.7 Å². The first-order chi connectivity index (χ1) is 8.72. The number of halogens is 2. The second kappa shape index (κ2) is 5.30. The molecule has 2 atom stereocenters. The summed E-state index contributed by atoms with van der Waals surface area (Å²) in [6.45, 7) is 3.27. The highest BCUT2D eigenvalue weighted by molar-refractivity contribution is 9.10. The fourth-order valence-corrected chi connectivity index (χ4v) is 3.97. The molecule has 0 spiro atoms. The normalized spacial score (nSPS) is 28.3. The average Bonchev–Trinajstić information content (AvgIpc) is 2.35. The van der Waals surface area contributed by atoms with Crippen LogP contribution in [0.4, 0.5) is 4.39 Å². The van der Waals surface area contributed by atoms with Crippen LogP contribution in [0.2, 0.25) is 0 Å². The van der Waals surface area contributed by atoms with Gasteiger partial charge in [-0.15, -0.1) is 0 Å². The third-order valence-electron chi connectivity index (χ3n) is 4.35. The largest absolute Gasteiger partial charge is 0.298 e. The first kappa shape index (κ1) is 12.6. The number of piperidine rings is 1. The number of rotatable bonds is 2. The van der Waals surface area contributed by atoms with Crippen molar-refractivity contribution in [2.75, 3.05) is 13.1 Å². The van der Waals surface area contributed by atoms with Crippen LogP contribution in [0.5, 0.6) is 0 Å². The van der Waals surface area contributed by atoms with Crippen LogP contribution in [-0.4, -0.2) is 18.0 Å². The van der Waals surface area contributed by atoms with E-state index in [1.54, 1.807) is 6.07 Å². The zero-order chi connectivity index (χ0) is 12.5. The molecular formula is C15H19BrFN. The van der Waals surface area contributed by atoms with Crippen molar-refractivity contribution in [1.82, 2.24) is 4.90 Å². The number of fused-ring (bicyclic) bond motifs is 2. The van der Waals surface area contributed by atoms with Crippen molar-refractivity contribution in [2.45, 2.75) is 32.2 Å². The van der Waals surface area contributed by atoms with Gasteiger partial charge in [-0.3, -0.25) is 4.90 Å². The Labute approximate surface area is 116 Å². The topological polar surface area (TPSA) is 3.24 Å². The number of benzene rings is 1. The molecule has 1 saturated carbocycles. The molecule has 3 heteroatoms. The highest BCUT2D eigenvalue weighted by Crippen LogP contribution is 2.35. The first-order valence-electron chi connectivity index (χ1n) is 6.87. The molecule has 0 N–H and O–H groups in total. The molecule has 0 radical (unpaired) electrons. The quantitative estimate of drug-likeness (QED) is 0.791. The monoisotopic (exact) mass is 311 g/mol. The van der Waals surface area contributed by atoms with Crippen LogP contribution in [-0.2, 0) is 6.54 Å². The maximum absolute atomic E-state index is 13.5. The highest BCUT2D eigenvalue weighted by atomic mass is 79.9. The summed E-state index contributed by atoms with van der Waals surface area (Å²) in [6, 6.07) is 5.34. The van der Waals surface area contributed by atoms with Gasteiger partial charge in [0.1, 0.15) is 5.82 Å². The summed E-state index contributed by atoms with van der Waals surface area (Å²) < 4.78 is 14.1. The molecule has 2 unspecified atom stereocenters. The van der Waals surface area contributed by atoms with Crippen LogP contribution in [0.1, 0.15) is 31.2 Å². The standard InChI is InChI=1S/C15H19BrFN/c16-15-13(5-2-6-14(15)17)10-18-8-11-3-1-4-12(7-11)9-18/h2,5-6,11-12H,1,3-4,7-10H2. The third-order valence-corrected chi connectivity index (χ3v) is 5.24. The summed E-state index contributed by atoms with van der Waals surface area (Å²) in [4.78, 5) is 2.51. The van der Waals surface area contributed by atoms with Crippen molar-refractivity contribution < 1.29 is 4.39 Å². The van der Waals surface area contributed by atoms with Gasteiger partial charge in [-0.1, -0.05) is 18.6 Å². The van der Waals surface area contributed by atoms with E-state index >= 15 is 0 Å². The molecule has 2 fully saturated rings. The SMILES string of the molecule is Fc1cccc(CN2CC3CCCC(C3)C2)c1Br. The molecule has 1 heterocycles. The molecule has 2 bridgehead atoms. The van der Waals surface area contributed by atoms with E-state index in [1.807, 2.05) is 6.07 Å². The summed E-state index contributed by atoms with van der Waals surface area (Å²) in [5.41, 5.74) is 1.08. The molecule has 2 aliphatic rings. The van der Waals surface area contributed by atoms with Gasteiger partial charge in [0.05, 0.1) is 4.47 Å². The van der Waals surface area contributed by atoms with E-state index < -0.39 is 0 Å². The Balaban J connectivity index is 1.71. The number of nitrogens with zero attached hydrogens (tertiary/aromatic N) is 1. The van der Waals surface area contributed by atoms with Crippen LogP contribution in [0.25, 0.3) is 0 Å². The first-order valence-corrected chi connectivity index (χ1v) is 7.67. The summed E-state index contributed by atoms with van der Waals surface area (Å²) in [5.74, 6) is 1.61. The predicted molar refractivity (Wildman–Crippen MR) is 74.8 cm³/mol. The van der Waals surface area contributed by atoms with Gasteiger partial charge in [-0.2, -0.15) is 0 Å². The van der Waals surface area contributed by atoms with Crippen LogP contribution >= 0.6 is 15.9 Å². The zero-order valence-electron chi connectivity index (χ0n) is 10.5. The van der Waals surface area contributed by atoms with Crippen molar-refractivity contribution in [3.05, 3.63) is 34.1 Å². The maximum atomic E-state index is 13.5. The zero-order valence-corrected chi connectivity index (χ0v) is 12.1. The van der Waals surface area contributed by atoms with Gasteiger partial charge in [0.2, 0.25) is 0 Å². The summed E-state index contributed by atoms with van der Waals surface area (Å²) in [7, 11) is 0. The lowest BCUT2D eigenvalue weighted by molar-refractivity contribution is 0.0806. The highest BCUT2D eigenvalue weighted by Gasteiger charge is 2.30. The predicted octanol–water partition coefficient (Wildman–Crippen LogP) is 4.21. The number of hydrogen-bond acceptors (Lipinski definition) is 1. The van der Waals surface area contributed by atoms with Crippen molar-refractivity contribution in [1.29, 1.82) is 0 Å². The van der Waals surface area contributed by atoms with Crippen molar-refractivity contribution in [3.8, 4) is 0 Å². The van der Waals surface area contributed by atoms with Gasteiger partial charge < -0.3 is 0 Å². The van der Waals surface area contributed by atoms with E-state index in [-0.39, 0.29) is 5.82 Å². The summed E-state index contributed by atoms with van der Waals surface area (Å²) >= 11 is 3.37. The minimum atomic E-state index is -0.148. The average molecular weight is 312 g/mol. The Morgan fingerprint density at radius 1 is 1.22 bits per heavy atom. The lowest BCUT2D eigenvalue weighted by Crippen LogP contribution is -2.42. The van der Waals surface area contributed by atoms with Crippen molar-refractivity contribution in [2.24, 2.45) is 11.8 Å². The minimum absolute atomic E-state index is 0.148. The molecule has 0 amide bonds. The molecule has 98 valence electrons. The van der Waals surface area contributed by atoms with Gasteiger partial charge in [-0.05, 0) is 58.7 Å². The Kier molecular flexibility index (Phi) is 3.71. The van der Waals surface area contributed by atoms with Crippen molar-refractivity contribution in [3.63, 3.8) is 0 Å². The maximum Gasteiger partial charge on any atom is 0.137 e. The van der Waals surface area contributed by atoms with E-state index in [4.69, 9.17) is 0 Å². The van der Waals surface area contributed by atoms with Gasteiger partial charge >= 0.3 is 0 Å². The van der Waals surface area contributed by atoms with E-state index in [2.05, 4.69) is 20.8 Å². The fraction of sp³-hybridized carbons (Fsp3) is 0.600. The molecule has 1 aromatic rings. The van der Waals surface area contributed by atoms with E-state index in [0.717, 1.165) is 23.9 Å². The molecular weight excluding hydrogens is 293 g/mol. The second-order valence-corrected chi connectivity index (χ2v) is 6.60. The van der Waals surface area contributed by atoms with Crippen LogP contribution in [0.3, 0.4) is 0 Å². The molecule has 1 aliphatic heterocycles. The van der Waals surface area contributed by atoms with Crippen LogP contribution in [0.15, 0.2) is 22.7 Å². The Morgan fingerprint density at radius 2 is 1.94 bits per heavy atom. The third kappa shape index (κ3) is 2.62. The fourth-order valence-electron chi connectivity index (χ4n) is 3.58. The minimum Gasteiger partial charge on any atom is -0.298 e. The number of hydrogen-bond donors (Lipinski definition) is 0. The Hall–Kier alpha value is -0.410. The smallest absolute Gasteiger partial charge is 0.137 e. The molecule has 18 heavy (non-hydrogen) atoms. The van der Waals surface area contributed by atoms with Gasteiger partial charge in [0.25, 0.3) is 0 Å². The van der Waals surface area contributed by atoms with Gasteiger partial charge in [-0.25, -0.2) is 4.39 Å². The van der Waals surface area contributed by atoms with Crippen molar-refractivity contribution >= 4 is 15.9 Å². The van der Waals surface area contributed by atoms with Crippen LogP contribution < -0.4 is 0 Å². The molecule has 1 aromatic carbocycles. The second-order valence-electron chi connectivity index (χ2n) is 5.81. The van der Waals surface area contributed by atoms with E-state index in [0.29, 0.717) is 4.47 Å². The number of likely N-dealkylation sites (tertiary alicyclic amines) is 1. The molecule has 1 saturated heterocycles. The molecule has 1 aliphatic carbocycles. The molecule has 3 rings (SSSR count). The molecule has 0 aromatic heterocycles. The summed E-state index contributed by atoms with van der Waals surface area (Å²) in [5, 5.41) is 0. The van der Waals surface area contributed by atoms with Gasteiger partial charge in [0, 0.05) is 19.6 Å². The lowest BCUT2D eigenvalue weighted by atomic mass is 9.78. The Morgan fingerprint density at radius 3 is 2.67 bits per heavy atom. The molecule has 1 nitrogen and oxygen atoms in total. The summed E-state index contributed by atoms with van der Waals surface area (Å²) in [6.07, 6.45) is 5.60. The van der Waals surface area contributed by atoms with E-state index in [9.17, 15) is 4.39 Å².